The van der Waals surface area contributed by atoms with Crippen molar-refractivity contribution in [2.24, 2.45) is 17.3 Å². The Hall–Kier alpha value is -2.72. The lowest BCUT2D eigenvalue weighted by Gasteiger charge is -2.13. The number of ether oxygens (including phenoxy) is 3. The first-order valence-corrected chi connectivity index (χ1v) is 11.5. The molecule has 0 saturated heterocycles. The van der Waals surface area contributed by atoms with Crippen LogP contribution < -0.4 is 4.74 Å². The van der Waals surface area contributed by atoms with Crippen LogP contribution in [-0.2, 0) is 19.1 Å². The van der Waals surface area contributed by atoms with Gasteiger partial charge in [0, 0.05) is 11.6 Å². The number of para-hydroxylation sites is 1. The van der Waals surface area contributed by atoms with Gasteiger partial charge >= 0.3 is 11.9 Å². The molecule has 0 radical (unpaired) electrons. The van der Waals surface area contributed by atoms with E-state index < -0.39 is 39.8 Å². The van der Waals surface area contributed by atoms with Crippen LogP contribution in [0.1, 0.15) is 25.5 Å². The smallest absolute Gasteiger partial charge is 0.330 e. The van der Waals surface area contributed by atoms with Gasteiger partial charge in [-0.3, -0.25) is 4.79 Å². The number of allylic oxidation sites excluding steroid dienone is 1. The van der Waals surface area contributed by atoms with Gasteiger partial charge in [-0.1, -0.05) is 85.1 Å². The number of hydrogen-bond acceptors (Lipinski definition) is 6. The highest BCUT2D eigenvalue weighted by Crippen LogP contribution is 2.59. The highest BCUT2D eigenvalue weighted by atomic mass is 35.6. The highest BCUT2D eigenvalue weighted by molar-refractivity contribution is 6.67. The Morgan fingerprint density at radius 1 is 1.12 bits per heavy atom. The number of nitrogens with zero attached hydrogens (tertiary/aromatic N) is 1. The van der Waals surface area contributed by atoms with Crippen LogP contribution in [0.2, 0.25) is 0 Å². The number of nitriles is 1. The number of esters is 2. The molecule has 0 unspecified atom stereocenters. The number of alkyl halides is 3. The Labute approximate surface area is 213 Å². The van der Waals surface area contributed by atoms with Crippen LogP contribution in [0.15, 0.2) is 66.7 Å². The number of rotatable bonds is 8. The van der Waals surface area contributed by atoms with E-state index in [0.717, 1.165) is 0 Å². The van der Waals surface area contributed by atoms with Gasteiger partial charge in [0.1, 0.15) is 24.2 Å². The summed E-state index contributed by atoms with van der Waals surface area (Å²) in [5.74, 6) is -0.856. The molecule has 0 aromatic heterocycles. The molecule has 1 aliphatic carbocycles. The largest absolute Gasteiger partial charge is 0.458 e. The number of benzene rings is 2. The molecular formula is C25H22Cl3NO5. The van der Waals surface area contributed by atoms with Crippen molar-refractivity contribution in [3.05, 3.63) is 72.3 Å². The molecule has 0 spiro atoms. The van der Waals surface area contributed by atoms with E-state index in [0.29, 0.717) is 17.1 Å². The van der Waals surface area contributed by atoms with Crippen molar-refractivity contribution >= 4 is 46.7 Å². The lowest BCUT2D eigenvalue weighted by Crippen LogP contribution is -2.16. The van der Waals surface area contributed by atoms with Gasteiger partial charge in [-0.25, -0.2) is 4.79 Å². The van der Waals surface area contributed by atoms with Crippen LogP contribution in [0.4, 0.5) is 0 Å². The third kappa shape index (κ3) is 6.89. The molecular weight excluding hydrogens is 501 g/mol. The molecule has 2 aromatic rings. The quantitative estimate of drug-likeness (QED) is 0.229. The maximum atomic E-state index is 12.8. The normalized spacial score (nSPS) is 19.6. The molecule has 1 fully saturated rings. The maximum absolute atomic E-state index is 12.8. The van der Waals surface area contributed by atoms with Crippen LogP contribution in [-0.4, -0.2) is 22.3 Å². The molecule has 0 aliphatic heterocycles. The van der Waals surface area contributed by atoms with Crippen molar-refractivity contribution in [3.8, 4) is 17.6 Å². The van der Waals surface area contributed by atoms with Crippen molar-refractivity contribution in [2.45, 2.75) is 23.7 Å². The Morgan fingerprint density at radius 2 is 1.79 bits per heavy atom. The molecule has 34 heavy (non-hydrogen) atoms. The van der Waals surface area contributed by atoms with Crippen molar-refractivity contribution in [3.63, 3.8) is 0 Å². The summed E-state index contributed by atoms with van der Waals surface area (Å²) < 4.78 is 14.5. The summed E-state index contributed by atoms with van der Waals surface area (Å²) in [4.78, 5) is 24.7. The summed E-state index contributed by atoms with van der Waals surface area (Å²) in [6.45, 7) is 3.35. The Morgan fingerprint density at radius 3 is 2.44 bits per heavy atom. The minimum absolute atomic E-state index is 0.271. The zero-order valence-electron chi connectivity index (χ0n) is 18.4. The average molecular weight is 523 g/mol. The summed E-state index contributed by atoms with van der Waals surface area (Å²) in [6.07, 6.45) is 1.66. The van der Waals surface area contributed by atoms with Gasteiger partial charge in [-0.05, 0) is 35.6 Å². The van der Waals surface area contributed by atoms with Crippen molar-refractivity contribution in [2.75, 3.05) is 6.61 Å². The molecule has 3 rings (SSSR count). The van der Waals surface area contributed by atoms with Gasteiger partial charge in [0.15, 0.2) is 0 Å². The second-order valence-electron chi connectivity index (χ2n) is 8.34. The zero-order valence-corrected chi connectivity index (χ0v) is 20.7. The van der Waals surface area contributed by atoms with Crippen LogP contribution in [0, 0.1) is 28.6 Å². The summed E-state index contributed by atoms with van der Waals surface area (Å²) >= 11 is 16.7. The number of carbonyl (C=O) groups is 2. The van der Waals surface area contributed by atoms with E-state index in [1.165, 1.54) is 6.08 Å². The Kier molecular flexibility index (Phi) is 8.14. The molecule has 9 heteroatoms. The fourth-order valence-corrected chi connectivity index (χ4v) is 3.76. The molecule has 6 nitrogen and oxygen atoms in total. The molecule has 1 aliphatic rings. The average Bonchev–Trinajstić information content (AvgIpc) is 3.35. The van der Waals surface area contributed by atoms with Gasteiger partial charge < -0.3 is 14.2 Å². The molecule has 3 atom stereocenters. The predicted octanol–water partition coefficient (Wildman–Crippen LogP) is 6.33. The lowest BCUT2D eigenvalue weighted by atomic mass is 10.1. The Balaban J connectivity index is 1.63. The zero-order chi connectivity index (χ0) is 24.9. The van der Waals surface area contributed by atoms with Gasteiger partial charge in [0.05, 0.1) is 5.92 Å². The minimum atomic E-state index is -1.70. The van der Waals surface area contributed by atoms with E-state index in [4.69, 9.17) is 49.0 Å². The van der Waals surface area contributed by atoms with Crippen LogP contribution in [0.25, 0.3) is 0 Å². The second-order valence-corrected chi connectivity index (χ2v) is 10.9. The van der Waals surface area contributed by atoms with Gasteiger partial charge in [0.2, 0.25) is 9.90 Å². The molecule has 178 valence electrons. The van der Waals surface area contributed by atoms with E-state index in [1.807, 2.05) is 50.2 Å². The third-order valence-electron chi connectivity index (χ3n) is 5.47. The fraction of sp³-hybridized carbons (Fsp3) is 0.320. The van der Waals surface area contributed by atoms with E-state index >= 15 is 0 Å². The molecule has 1 saturated carbocycles. The van der Waals surface area contributed by atoms with Crippen molar-refractivity contribution < 1.29 is 23.8 Å². The molecule has 2 aromatic carbocycles. The standard InChI is InChI=1S/C25H22Cl3NO5/c1-24(2)19(11-12-21(30)32-15-25(26,27)28)22(24)23(31)34-20(14-29)16-7-6-10-18(13-16)33-17-8-4-3-5-9-17/h3-13,19-20,22H,15H2,1-2H3/b12-11-/t19-,20+,22-/m0/s1. The summed E-state index contributed by atoms with van der Waals surface area (Å²) in [5, 5.41) is 9.63. The molecule has 0 heterocycles. The molecule has 0 N–H and O–H groups in total. The molecule has 0 bridgehead atoms. The first kappa shape index (κ1) is 25.9. The van der Waals surface area contributed by atoms with Crippen molar-refractivity contribution in [1.82, 2.24) is 0 Å². The van der Waals surface area contributed by atoms with Gasteiger partial charge in [-0.2, -0.15) is 5.26 Å². The number of halogens is 3. The first-order valence-electron chi connectivity index (χ1n) is 10.4. The topological polar surface area (TPSA) is 85.6 Å². The van der Waals surface area contributed by atoms with E-state index in [-0.39, 0.29) is 5.92 Å². The summed E-state index contributed by atoms with van der Waals surface area (Å²) in [6, 6.07) is 18.0. The Bertz CT molecular complexity index is 1110. The number of hydrogen-bond donors (Lipinski definition) is 0. The first-order chi connectivity index (χ1) is 16.0. The summed E-state index contributed by atoms with van der Waals surface area (Å²) in [7, 11) is 0. The molecule has 0 amide bonds. The second kappa shape index (κ2) is 10.7. The third-order valence-corrected chi connectivity index (χ3v) is 5.80. The van der Waals surface area contributed by atoms with Crippen LogP contribution in [0.5, 0.6) is 11.5 Å². The highest BCUT2D eigenvalue weighted by Gasteiger charge is 2.61. The fourth-order valence-electron chi connectivity index (χ4n) is 3.59. The monoisotopic (exact) mass is 521 g/mol. The lowest BCUT2D eigenvalue weighted by molar-refractivity contribution is -0.149. The van der Waals surface area contributed by atoms with E-state index in [1.54, 1.807) is 30.3 Å². The van der Waals surface area contributed by atoms with Gasteiger partial charge in [-0.15, -0.1) is 0 Å². The van der Waals surface area contributed by atoms with Gasteiger partial charge in [0.25, 0.3) is 0 Å². The SMILES string of the molecule is CC1(C)[C@H](C(=O)O[C@H](C#N)c2cccc(Oc3ccccc3)c2)[C@@H]1/C=C\C(=O)OCC(Cl)(Cl)Cl. The summed E-state index contributed by atoms with van der Waals surface area (Å²) in [5.41, 5.74) is 0.0339. The van der Waals surface area contributed by atoms with E-state index in [2.05, 4.69) is 0 Å². The van der Waals surface area contributed by atoms with Crippen molar-refractivity contribution in [1.29, 1.82) is 5.26 Å². The maximum Gasteiger partial charge on any atom is 0.330 e. The van der Waals surface area contributed by atoms with Crippen LogP contribution in [0.3, 0.4) is 0 Å². The number of carbonyl (C=O) groups excluding carboxylic acids is 2. The van der Waals surface area contributed by atoms with E-state index in [9.17, 15) is 14.9 Å². The van der Waals surface area contributed by atoms with Crippen LogP contribution >= 0.6 is 34.8 Å². The minimum Gasteiger partial charge on any atom is -0.458 e. The predicted molar refractivity (Wildman–Crippen MR) is 129 cm³/mol.